The van der Waals surface area contributed by atoms with Crippen molar-refractivity contribution in [2.45, 2.75) is 46.0 Å². The van der Waals surface area contributed by atoms with Crippen LogP contribution in [-0.4, -0.2) is 29.8 Å². The molecule has 0 unspecified atom stereocenters. The Balaban J connectivity index is 1.57. The Labute approximate surface area is 141 Å². The van der Waals surface area contributed by atoms with Gasteiger partial charge in [-0.2, -0.15) is 0 Å². The van der Waals surface area contributed by atoms with E-state index in [1.807, 2.05) is 18.7 Å². The van der Waals surface area contributed by atoms with Gasteiger partial charge in [0.05, 0.1) is 5.56 Å². The number of likely N-dealkylation sites (tertiary alicyclic amines) is 1. The molecular formula is C18H24N2O2S. The quantitative estimate of drug-likeness (QED) is 0.919. The third kappa shape index (κ3) is 2.69. The number of fused-ring (bicyclic) bond motifs is 1. The Morgan fingerprint density at radius 1 is 1.09 bits per heavy atom. The fraction of sp³-hybridized carbons (Fsp3) is 0.667. The van der Waals surface area contributed by atoms with Gasteiger partial charge in [-0.1, -0.05) is 6.42 Å². The summed E-state index contributed by atoms with van der Waals surface area (Å²) in [5, 5.41) is 3.78. The van der Waals surface area contributed by atoms with Crippen LogP contribution in [0, 0.1) is 31.6 Å². The van der Waals surface area contributed by atoms with Crippen LogP contribution in [0.5, 0.6) is 0 Å². The van der Waals surface area contributed by atoms with E-state index in [1.165, 1.54) is 19.3 Å². The Kier molecular flexibility index (Phi) is 3.71. The van der Waals surface area contributed by atoms with Crippen molar-refractivity contribution in [3.05, 3.63) is 16.0 Å². The highest BCUT2D eigenvalue weighted by atomic mass is 32.1. The lowest BCUT2D eigenvalue weighted by Gasteiger charge is -2.18. The number of hydrogen-bond donors (Lipinski definition) is 1. The summed E-state index contributed by atoms with van der Waals surface area (Å²) >= 11 is 1.54. The van der Waals surface area contributed by atoms with Crippen molar-refractivity contribution in [1.29, 1.82) is 0 Å². The molecule has 5 heteroatoms. The van der Waals surface area contributed by atoms with Crippen LogP contribution >= 0.6 is 11.3 Å². The van der Waals surface area contributed by atoms with E-state index >= 15 is 0 Å². The maximum Gasteiger partial charge on any atom is 0.257 e. The van der Waals surface area contributed by atoms with Gasteiger partial charge >= 0.3 is 0 Å². The number of amides is 2. The molecule has 2 saturated carbocycles. The number of carbonyl (C=O) groups is 2. The van der Waals surface area contributed by atoms with E-state index in [0.29, 0.717) is 11.8 Å². The van der Waals surface area contributed by atoms with Gasteiger partial charge in [-0.3, -0.25) is 9.59 Å². The van der Waals surface area contributed by atoms with Crippen LogP contribution in [0.1, 0.15) is 52.9 Å². The van der Waals surface area contributed by atoms with Crippen molar-refractivity contribution < 1.29 is 9.59 Å². The van der Waals surface area contributed by atoms with E-state index in [-0.39, 0.29) is 17.7 Å². The lowest BCUT2D eigenvalue weighted by atomic mass is 10.0. The SMILES string of the molecule is Cc1sc(NC(=O)C2CC2)c(C(=O)N2C[C@H]3CCC[C@@H]3C2)c1C. The first kappa shape index (κ1) is 15.2. The number of nitrogens with one attached hydrogen (secondary N) is 1. The van der Waals surface area contributed by atoms with Crippen molar-refractivity contribution in [2.24, 2.45) is 17.8 Å². The molecule has 3 fully saturated rings. The first-order chi connectivity index (χ1) is 11.0. The smallest absolute Gasteiger partial charge is 0.257 e. The molecule has 23 heavy (non-hydrogen) atoms. The first-order valence-electron chi connectivity index (χ1n) is 8.74. The first-order valence-corrected chi connectivity index (χ1v) is 9.56. The van der Waals surface area contributed by atoms with Gasteiger partial charge in [0.2, 0.25) is 5.91 Å². The van der Waals surface area contributed by atoms with Crippen molar-refractivity contribution in [2.75, 3.05) is 18.4 Å². The second-order valence-electron chi connectivity index (χ2n) is 7.41. The zero-order valence-corrected chi connectivity index (χ0v) is 14.7. The van der Waals surface area contributed by atoms with Crippen LogP contribution in [0.4, 0.5) is 5.00 Å². The van der Waals surface area contributed by atoms with E-state index in [1.54, 1.807) is 11.3 Å². The molecule has 2 amide bonds. The average Bonchev–Trinajstić information content (AvgIpc) is 3.05. The molecule has 2 heterocycles. The van der Waals surface area contributed by atoms with Gasteiger partial charge in [0.1, 0.15) is 5.00 Å². The fourth-order valence-electron chi connectivity index (χ4n) is 4.09. The molecule has 0 radical (unpaired) electrons. The van der Waals surface area contributed by atoms with Crippen molar-refractivity contribution in [1.82, 2.24) is 4.90 Å². The van der Waals surface area contributed by atoms with Gasteiger partial charge in [0, 0.05) is 23.9 Å². The van der Waals surface area contributed by atoms with E-state index in [0.717, 1.165) is 46.9 Å². The zero-order chi connectivity index (χ0) is 16.1. The molecule has 2 aliphatic carbocycles. The van der Waals surface area contributed by atoms with Gasteiger partial charge in [-0.05, 0) is 56.9 Å². The second-order valence-corrected chi connectivity index (χ2v) is 8.64. The largest absolute Gasteiger partial charge is 0.338 e. The molecule has 0 bridgehead atoms. The van der Waals surface area contributed by atoms with E-state index < -0.39 is 0 Å². The van der Waals surface area contributed by atoms with Gasteiger partial charge in [0.15, 0.2) is 0 Å². The van der Waals surface area contributed by atoms with Crippen LogP contribution in [0.2, 0.25) is 0 Å². The molecule has 1 saturated heterocycles. The Bertz CT molecular complexity index is 650. The van der Waals surface area contributed by atoms with Crippen molar-refractivity contribution >= 4 is 28.2 Å². The van der Waals surface area contributed by atoms with Gasteiger partial charge in [0.25, 0.3) is 5.91 Å². The van der Waals surface area contributed by atoms with Crippen LogP contribution in [0.3, 0.4) is 0 Å². The third-order valence-corrected chi connectivity index (χ3v) is 6.92. The molecule has 0 aromatic carbocycles. The van der Waals surface area contributed by atoms with Crippen molar-refractivity contribution in [3.63, 3.8) is 0 Å². The zero-order valence-electron chi connectivity index (χ0n) is 13.9. The number of hydrogen-bond acceptors (Lipinski definition) is 3. The number of anilines is 1. The lowest BCUT2D eigenvalue weighted by molar-refractivity contribution is -0.117. The van der Waals surface area contributed by atoms with E-state index in [4.69, 9.17) is 0 Å². The highest BCUT2D eigenvalue weighted by Crippen LogP contribution is 2.41. The minimum Gasteiger partial charge on any atom is -0.338 e. The molecule has 124 valence electrons. The molecule has 4 nitrogen and oxygen atoms in total. The number of carbonyl (C=O) groups excluding carboxylic acids is 2. The van der Waals surface area contributed by atoms with Gasteiger partial charge in [-0.15, -0.1) is 11.3 Å². The predicted octanol–water partition coefficient (Wildman–Crippen LogP) is 3.59. The molecule has 1 aromatic rings. The van der Waals surface area contributed by atoms with Crippen LogP contribution in [-0.2, 0) is 4.79 Å². The molecule has 1 N–H and O–H groups in total. The monoisotopic (exact) mass is 332 g/mol. The highest BCUT2D eigenvalue weighted by Gasteiger charge is 2.39. The Hall–Kier alpha value is -1.36. The molecular weight excluding hydrogens is 308 g/mol. The summed E-state index contributed by atoms with van der Waals surface area (Å²) in [5.74, 6) is 1.75. The Morgan fingerprint density at radius 2 is 1.74 bits per heavy atom. The second kappa shape index (κ2) is 5.62. The fourth-order valence-corrected chi connectivity index (χ4v) is 5.15. The molecule has 1 aliphatic heterocycles. The number of aryl methyl sites for hydroxylation is 1. The number of nitrogens with zero attached hydrogens (tertiary/aromatic N) is 1. The number of rotatable bonds is 3. The Morgan fingerprint density at radius 3 is 2.35 bits per heavy atom. The van der Waals surface area contributed by atoms with Gasteiger partial charge in [-0.25, -0.2) is 0 Å². The normalized spacial score (nSPS) is 26.4. The molecule has 0 spiro atoms. The summed E-state index contributed by atoms with van der Waals surface area (Å²) in [5.41, 5.74) is 1.77. The summed E-state index contributed by atoms with van der Waals surface area (Å²) < 4.78 is 0. The molecule has 3 aliphatic rings. The summed E-state index contributed by atoms with van der Waals surface area (Å²) in [6, 6.07) is 0. The standard InChI is InChI=1S/C18H24N2O2S/c1-10-11(2)23-17(19-16(21)12-6-7-12)15(10)18(22)20-8-13-4-3-5-14(13)9-20/h12-14H,3-9H2,1-2H3,(H,19,21)/t13-,14-/m1/s1. The minimum atomic E-state index is 0.0820. The molecule has 2 atom stereocenters. The van der Waals surface area contributed by atoms with Crippen molar-refractivity contribution in [3.8, 4) is 0 Å². The minimum absolute atomic E-state index is 0.0820. The molecule has 4 rings (SSSR count). The summed E-state index contributed by atoms with van der Waals surface area (Å²) in [6.07, 6.45) is 5.81. The molecule has 1 aromatic heterocycles. The maximum atomic E-state index is 13.1. The van der Waals surface area contributed by atoms with Crippen LogP contribution < -0.4 is 5.32 Å². The lowest BCUT2D eigenvalue weighted by Crippen LogP contribution is -2.30. The maximum absolute atomic E-state index is 13.1. The average molecular weight is 332 g/mol. The predicted molar refractivity (Wildman–Crippen MR) is 91.9 cm³/mol. The van der Waals surface area contributed by atoms with E-state index in [2.05, 4.69) is 5.32 Å². The summed E-state index contributed by atoms with van der Waals surface area (Å²) in [6.45, 7) is 5.83. The summed E-state index contributed by atoms with van der Waals surface area (Å²) in [4.78, 5) is 28.4. The summed E-state index contributed by atoms with van der Waals surface area (Å²) in [7, 11) is 0. The highest BCUT2D eigenvalue weighted by molar-refractivity contribution is 7.16. The van der Waals surface area contributed by atoms with Crippen LogP contribution in [0.15, 0.2) is 0 Å². The van der Waals surface area contributed by atoms with E-state index in [9.17, 15) is 9.59 Å². The number of thiophene rings is 1. The topological polar surface area (TPSA) is 49.4 Å². The third-order valence-electron chi connectivity index (χ3n) is 5.80. The van der Waals surface area contributed by atoms with Crippen LogP contribution in [0.25, 0.3) is 0 Å². The van der Waals surface area contributed by atoms with Gasteiger partial charge < -0.3 is 10.2 Å².